The molecule has 8 nitrogen and oxygen atoms in total. The number of primary amides is 1. The van der Waals surface area contributed by atoms with Gasteiger partial charge in [0.05, 0.1) is 12.6 Å². The summed E-state index contributed by atoms with van der Waals surface area (Å²) in [6, 6.07) is -1.27. The van der Waals surface area contributed by atoms with Gasteiger partial charge in [-0.15, -0.1) is 0 Å². The van der Waals surface area contributed by atoms with Crippen LogP contribution in [0.1, 0.15) is 40.5 Å². The molecule has 0 aliphatic carbocycles. The number of carbonyl (C=O) groups is 4. The van der Waals surface area contributed by atoms with Gasteiger partial charge in [0.25, 0.3) is 0 Å². The number of hydrogen-bond acceptors (Lipinski definition) is 4. The lowest BCUT2D eigenvalue weighted by molar-refractivity contribution is -0.130. The Kier molecular flexibility index (Phi) is 9.60. The van der Waals surface area contributed by atoms with E-state index in [4.69, 9.17) is 5.73 Å². The largest absolute Gasteiger partial charge is 0.352 e. The van der Waals surface area contributed by atoms with Crippen molar-refractivity contribution in [1.29, 1.82) is 0 Å². The molecule has 0 aromatic heterocycles. The second-order valence-electron chi connectivity index (χ2n) is 5.91. The molecule has 0 unspecified atom stereocenters. The summed E-state index contributed by atoms with van der Waals surface area (Å²) in [5.74, 6) is -0.802. The highest BCUT2D eigenvalue weighted by molar-refractivity contribution is 5.90. The van der Waals surface area contributed by atoms with Crippen molar-refractivity contribution in [1.82, 2.24) is 16.0 Å². The molecule has 8 heteroatoms. The SMILES string of the molecule is CC(=O)[C@H](CCCNC(N)=O)NC(=O)CNC(=O)[C@@H](C)C(C)C. The first kappa shape index (κ1) is 20.9. The fraction of sp³-hybridized carbons (Fsp3) is 0.733. The van der Waals surface area contributed by atoms with Crippen LogP contribution in [0.5, 0.6) is 0 Å². The Balaban J connectivity index is 4.22. The van der Waals surface area contributed by atoms with Gasteiger partial charge in [-0.3, -0.25) is 14.4 Å². The van der Waals surface area contributed by atoms with E-state index in [-0.39, 0.29) is 30.1 Å². The van der Waals surface area contributed by atoms with E-state index in [2.05, 4.69) is 16.0 Å². The molecule has 23 heavy (non-hydrogen) atoms. The number of ketones is 1. The van der Waals surface area contributed by atoms with Crippen molar-refractivity contribution >= 4 is 23.6 Å². The Morgan fingerprint density at radius 2 is 1.65 bits per heavy atom. The highest BCUT2D eigenvalue weighted by Gasteiger charge is 2.19. The molecule has 0 fully saturated rings. The van der Waals surface area contributed by atoms with Gasteiger partial charge in [-0.1, -0.05) is 20.8 Å². The predicted octanol–water partition coefficient (Wildman–Crippen LogP) is -0.0830. The van der Waals surface area contributed by atoms with Crippen molar-refractivity contribution in [3.63, 3.8) is 0 Å². The molecule has 0 aromatic rings. The first-order valence-corrected chi connectivity index (χ1v) is 7.76. The molecular formula is C15H28N4O4. The van der Waals surface area contributed by atoms with Crippen LogP contribution in [0.4, 0.5) is 4.79 Å². The minimum atomic E-state index is -0.642. The van der Waals surface area contributed by atoms with E-state index in [1.54, 1.807) is 6.92 Å². The smallest absolute Gasteiger partial charge is 0.312 e. The van der Waals surface area contributed by atoms with Crippen molar-refractivity contribution in [2.45, 2.75) is 46.6 Å². The van der Waals surface area contributed by atoms with Gasteiger partial charge >= 0.3 is 6.03 Å². The third kappa shape index (κ3) is 9.49. The maximum Gasteiger partial charge on any atom is 0.312 e. The third-order valence-electron chi connectivity index (χ3n) is 3.63. The van der Waals surface area contributed by atoms with Gasteiger partial charge in [0.2, 0.25) is 11.8 Å². The molecule has 0 aliphatic heterocycles. The number of rotatable bonds is 10. The number of carbonyl (C=O) groups excluding carboxylic acids is 4. The van der Waals surface area contributed by atoms with Crippen LogP contribution in [0, 0.1) is 11.8 Å². The van der Waals surface area contributed by atoms with Gasteiger partial charge in [-0.05, 0) is 25.7 Å². The molecule has 4 amide bonds. The van der Waals surface area contributed by atoms with Crippen LogP contribution in [0.15, 0.2) is 0 Å². The maximum absolute atomic E-state index is 11.8. The summed E-state index contributed by atoms with van der Waals surface area (Å²) in [5.41, 5.74) is 4.94. The molecule has 0 aliphatic rings. The van der Waals surface area contributed by atoms with E-state index in [0.717, 1.165) is 0 Å². The fourth-order valence-electron chi connectivity index (χ4n) is 1.77. The Morgan fingerprint density at radius 3 is 2.13 bits per heavy atom. The minimum absolute atomic E-state index is 0.167. The Labute approximate surface area is 136 Å². The summed E-state index contributed by atoms with van der Waals surface area (Å²) in [4.78, 5) is 45.7. The molecule has 0 saturated heterocycles. The second kappa shape index (κ2) is 10.6. The molecule has 5 N–H and O–H groups in total. The van der Waals surface area contributed by atoms with E-state index < -0.39 is 18.0 Å². The number of urea groups is 1. The second-order valence-corrected chi connectivity index (χ2v) is 5.91. The molecule has 132 valence electrons. The summed E-state index contributed by atoms with van der Waals surface area (Å²) in [6.07, 6.45) is 0.891. The van der Waals surface area contributed by atoms with Crippen molar-refractivity contribution in [2.75, 3.05) is 13.1 Å². The normalized spacial score (nSPS) is 13.1. The van der Waals surface area contributed by atoms with Crippen LogP contribution in [-0.4, -0.2) is 42.8 Å². The van der Waals surface area contributed by atoms with Crippen LogP contribution in [-0.2, 0) is 14.4 Å². The standard InChI is InChI=1S/C15H28N4O4/c1-9(2)10(3)14(22)18-8-13(21)19-12(11(4)20)6-5-7-17-15(16)23/h9-10,12H,5-8H2,1-4H3,(H,18,22)(H,19,21)(H3,16,17,23)/t10-,12-/m0/s1. The zero-order chi connectivity index (χ0) is 18.0. The molecule has 0 saturated carbocycles. The van der Waals surface area contributed by atoms with Gasteiger partial charge in [0, 0.05) is 12.5 Å². The lowest BCUT2D eigenvalue weighted by Crippen LogP contribution is -2.46. The molecule has 2 atom stereocenters. The van der Waals surface area contributed by atoms with Gasteiger partial charge in [0.1, 0.15) is 0 Å². The summed E-state index contributed by atoms with van der Waals surface area (Å²) in [7, 11) is 0. The van der Waals surface area contributed by atoms with Crippen LogP contribution < -0.4 is 21.7 Å². The lowest BCUT2D eigenvalue weighted by atomic mass is 9.97. The predicted molar refractivity (Wildman–Crippen MR) is 86.4 cm³/mol. The average molecular weight is 328 g/mol. The molecule has 0 spiro atoms. The third-order valence-corrected chi connectivity index (χ3v) is 3.63. The van der Waals surface area contributed by atoms with E-state index >= 15 is 0 Å². The quantitative estimate of drug-likeness (QED) is 0.418. The summed E-state index contributed by atoms with van der Waals surface area (Å²) in [6.45, 7) is 7.19. The zero-order valence-electron chi connectivity index (χ0n) is 14.3. The average Bonchev–Trinajstić information content (AvgIpc) is 2.46. The molecular weight excluding hydrogens is 300 g/mol. The number of hydrogen-bond donors (Lipinski definition) is 4. The Morgan fingerprint density at radius 1 is 1.04 bits per heavy atom. The molecule has 0 radical (unpaired) electrons. The van der Waals surface area contributed by atoms with E-state index in [9.17, 15) is 19.2 Å². The first-order valence-electron chi connectivity index (χ1n) is 7.76. The zero-order valence-corrected chi connectivity index (χ0v) is 14.3. The van der Waals surface area contributed by atoms with Crippen molar-refractivity contribution in [3.8, 4) is 0 Å². The first-order chi connectivity index (χ1) is 10.6. The number of amides is 4. The topological polar surface area (TPSA) is 130 Å². The van der Waals surface area contributed by atoms with E-state index in [0.29, 0.717) is 19.4 Å². The van der Waals surface area contributed by atoms with Crippen LogP contribution >= 0.6 is 0 Å². The van der Waals surface area contributed by atoms with Gasteiger partial charge < -0.3 is 21.7 Å². The fourth-order valence-corrected chi connectivity index (χ4v) is 1.77. The van der Waals surface area contributed by atoms with Crippen LogP contribution in [0.25, 0.3) is 0 Å². The van der Waals surface area contributed by atoms with E-state index in [1.165, 1.54) is 6.92 Å². The molecule has 0 bridgehead atoms. The van der Waals surface area contributed by atoms with Gasteiger partial charge in [-0.2, -0.15) is 0 Å². The Bertz CT molecular complexity index is 437. The Hall–Kier alpha value is -2.12. The molecule has 0 aromatic carbocycles. The summed E-state index contributed by atoms with van der Waals surface area (Å²) >= 11 is 0. The summed E-state index contributed by atoms with van der Waals surface area (Å²) < 4.78 is 0. The highest BCUT2D eigenvalue weighted by Crippen LogP contribution is 2.08. The molecule has 0 rings (SSSR count). The number of Topliss-reactive ketones (excluding diaryl/α,β-unsaturated/α-hetero) is 1. The van der Waals surface area contributed by atoms with Gasteiger partial charge in [-0.25, -0.2) is 4.79 Å². The number of nitrogens with one attached hydrogen (secondary N) is 3. The van der Waals surface area contributed by atoms with Crippen LogP contribution in [0.3, 0.4) is 0 Å². The summed E-state index contributed by atoms with van der Waals surface area (Å²) in [5, 5.41) is 7.55. The molecule has 0 heterocycles. The highest BCUT2D eigenvalue weighted by atomic mass is 16.2. The maximum atomic E-state index is 11.8. The minimum Gasteiger partial charge on any atom is -0.352 e. The number of nitrogens with two attached hydrogens (primary N) is 1. The van der Waals surface area contributed by atoms with Crippen molar-refractivity contribution in [3.05, 3.63) is 0 Å². The lowest BCUT2D eigenvalue weighted by Gasteiger charge is -2.18. The van der Waals surface area contributed by atoms with Gasteiger partial charge in [0.15, 0.2) is 5.78 Å². The van der Waals surface area contributed by atoms with Crippen molar-refractivity contribution in [2.24, 2.45) is 17.6 Å². The van der Waals surface area contributed by atoms with E-state index in [1.807, 2.05) is 13.8 Å². The monoisotopic (exact) mass is 328 g/mol. The van der Waals surface area contributed by atoms with Crippen LogP contribution in [0.2, 0.25) is 0 Å². The van der Waals surface area contributed by atoms with Crippen molar-refractivity contribution < 1.29 is 19.2 Å².